The number of hydrogen-bond acceptors (Lipinski definition) is 4. The van der Waals surface area contributed by atoms with Crippen LogP contribution in [0.1, 0.15) is 40.4 Å². The number of hydrogen-bond donors (Lipinski definition) is 1. The summed E-state index contributed by atoms with van der Waals surface area (Å²) in [6.45, 7) is 4.88. The fourth-order valence-corrected chi connectivity index (χ4v) is 4.81. The Morgan fingerprint density at radius 2 is 1.62 bits per heavy atom. The molecular weight excluding hydrogens is 416 g/mol. The van der Waals surface area contributed by atoms with Crippen molar-refractivity contribution in [1.29, 1.82) is 0 Å². The van der Waals surface area contributed by atoms with Crippen LogP contribution in [0, 0.1) is 13.8 Å². The van der Waals surface area contributed by atoms with Crippen LogP contribution in [0.4, 0.5) is 0 Å². The van der Waals surface area contributed by atoms with Crippen molar-refractivity contribution in [3.63, 3.8) is 0 Å². The second kappa shape index (κ2) is 8.51. The maximum absolute atomic E-state index is 5.81. The van der Waals surface area contributed by atoms with Crippen molar-refractivity contribution in [2.24, 2.45) is 0 Å². The predicted octanol–water partition coefficient (Wildman–Crippen LogP) is 4.45. The van der Waals surface area contributed by atoms with Gasteiger partial charge in [0.05, 0.1) is 30.0 Å². The summed E-state index contributed by atoms with van der Waals surface area (Å²) in [5.41, 5.74) is 5.41. The lowest BCUT2D eigenvalue weighted by Crippen LogP contribution is -2.29. The number of nitrogens with zero attached hydrogens (tertiary/aromatic N) is 5. The topological polar surface area (TPSA) is 58.9 Å². The van der Waals surface area contributed by atoms with Crippen LogP contribution in [0.15, 0.2) is 79.3 Å². The normalized spacial score (nSPS) is 18.1. The van der Waals surface area contributed by atoms with E-state index < -0.39 is 0 Å². The van der Waals surface area contributed by atoms with Gasteiger partial charge in [0.1, 0.15) is 5.82 Å². The van der Waals surface area contributed by atoms with Crippen molar-refractivity contribution in [2.45, 2.75) is 32.5 Å². The summed E-state index contributed by atoms with van der Waals surface area (Å²) in [7, 11) is 0. The SMILES string of the molecule is Cc1cc(C2C(c3ccccn3)NC(=S)N2Cc2ccccn2)c(C)n1-c1ccccn1. The van der Waals surface area contributed by atoms with Crippen molar-refractivity contribution >= 4 is 17.3 Å². The molecule has 5 heterocycles. The van der Waals surface area contributed by atoms with Gasteiger partial charge in [-0.2, -0.15) is 0 Å². The molecule has 7 heteroatoms. The van der Waals surface area contributed by atoms with Crippen LogP contribution in [-0.2, 0) is 6.54 Å². The van der Waals surface area contributed by atoms with Gasteiger partial charge in [0.15, 0.2) is 5.11 Å². The van der Waals surface area contributed by atoms with Crippen LogP contribution in [0.2, 0.25) is 0 Å². The van der Waals surface area contributed by atoms with E-state index in [1.54, 1.807) is 0 Å². The van der Waals surface area contributed by atoms with Crippen LogP contribution in [0.3, 0.4) is 0 Å². The van der Waals surface area contributed by atoms with Gasteiger partial charge in [-0.15, -0.1) is 0 Å². The minimum atomic E-state index is -0.0647. The summed E-state index contributed by atoms with van der Waals surface area (Å²) in [6, 6.07) is 20.1. The van der Waals surface area contributed by atoms with Gasteiger partial charge in [0.2, 0.25) is 0 Å². The maximum Gasteiger partial charge on any atom is 0.170 e. The third-order valence-corrected chi connectivity index (χ3v) is 6.28. The molecule has 0 aromatic carbocycles. The summed E-state index contributed by atoms with van der Waals surface area (Å²) >= 11 is 5.81. The van der Waals surface area contributed by atoms with E-state index in [1.807, 2.05) is 67.1 Å². The Kier molecular flexibility index (Phi) is 5.41. The van der Waals surface area contributed by atoms with Crippen molar-refractivity contribution in [3.05, 3.63) is 108 Å². The van der Waals surface area contributed by atoms with Gasteiger partial charge in [-0.05, 0) is 74.1 Å². The number of rotatable bonds is 5. The zero-order valence-corrected chi connectivity index (χ0v) is 18.8. The molecule has 0 radical (unpaired) electrons. The number of aryl methyl sites for hydroxylation is 1. The van der Waals surface area contributed by atoms with E-state index in [0.29, 0.717) is 11.7 Å². The van der Waals surface area contributed by atoms with Crippen LogP contribution in [-0.4, -0.2) is 29.5 Å². The minimum Gasteiger partial charge on any atom is -0.352 e. The average molecular weight is 441 g/mol. The molecule has 0 aliphatic carbocycles. The summed E-state index contributed by atoms with van der Waals surface area (Å²) in [4.78, 5) is 16.0. The van der Waals surface area contributed by atoms with Crippen LogP contribution in [0.5, 0.6) is 0 Å². The Morgan fingerprint density at radius 1 is 0.906 bits per heavy atom. The molecular formula is C25H24N6S. The largest absolute Gasteiger partial charge is 0.352 e. The Balaban J connectivity index is 1.62. The standard InChI is InChI=1S/C25H24N6S/c1-17-15-20(18(2)31(17)22-11-5-8-14-28-22)24-23(21-10-4-7-13-27-21)29-25(32)30(24)16-19-9-3-6-12-26-19/h3-15,23-24H,16H2,1-2H3,(H,29,32). The molecule has 1 aliphatic heterocycles. The molecule has 6 nitrogen and oxygen atoms in total. The van der Waals surface area contributed by atoms with E-state index in [0.717, 1.165) is 28.6 Å². The van der Waals surface area contributed by atoms with E-state index in [9.17, 15) is 0 Å². The molecule has 32 heavy (non-hydrogen) atoms. The molecule has 0 bridgehead atoms. The zero-order chi connectivity index (χ0) is 22.1. The van der Waals surface area contributed by atoms with Gasteiger partial charge < -0.3 is 14.8 Å². The minimum absolute atomic E-state index is 0.0249. The van der Waals surface area contributed by atoms with E-state index >= 15 is 0 Å². The molecule has 4 aromatic rings. The van der Waals surface area contributed by atoms with Gasteiger partial charge in [-0.25, -0.2) is 4.98 Å². The molecule has 0 amide bonds. The fourth-order valence-electron chi connectivity index (χ4n) is 4.51. The number of thiocarbonyl (C=S) groups is 1. The highest BCUT2D eigenvalue weighted by Gasteiger charge is 2.41. The molecule has 0 spiro atoms. The average Bonchev–Trinajstić information content (AvgIpc) is 3.30. The summed E-state index contributed by atoms with van der Waals surface area (Å²) < 4.78 is 2.20. The summed E-state index contributed by atoms with van der Waals surface area (Å²) in [6.07, 6.45) is 5.47. The Morgan fingerprint density at radius 3 is 2.28 bits per heavy atom. The van der Waals surface area contributed by atoms with E-state index in [1.165, 1.54) is 5.56 Å². The van der Waals surface area contributed by atoms with E-state index in [4.69, 9.17) is 12.2 Å². The van der Waals surface area contributed by atoms with Crippen LogP contribution >= 0.6 is 12.2 Å². The van der Waals surface area contributed by atoms with Crippen molar-refractivity contribution < 1.29 is 0 Å². The van der Waals surface area contributed by atoms with Gasteiger partial charge in [0, 0.05) is 30.0 Å². The van der Waals surface area contributed by atoms with Gasteiger partial charge >= 0.3 is 0 Å². The van der Waals surface area contributed by atoms with Crippen molar-refractivity contribution in [2.75, 3.05) is 0 Å². The highest BCUT2D eigenvalue weighted by Crippen LogP contribution is 2.41. The van der Waals surface area contributed by atoms with Crippen molar-refractivity contribution in [3.8, 4) is 5.82 Å². The summed E-state index contributed by atoms with van der Waals surface area (Å²) in [5, 5.41) is 4.23. The molecule has 2 unspecified atom stereocenters. The highest BCUT2D eigenvalue weighted by atomic mass is 32.1. The second-order valence-corrected chi connectivity index (χ2v) is 8.31. The third kappa shape index (κ3) is 3.65. The Labute approximate surface area is 193 Å². The molecule has 160 valence electrons. The van der Waals surface area contributed by atoms with E-state index in [-0.39, 0.29) is 12.1 Å². The number of aromatic nitrogens is 4. The van der Waals surface area contributed by atoms with Gasteiger partial charge in [-0.1, -0.05) is 18.2 Å². The predicted molar refractivity (Wildman–Crippen MR) is 128 cm³/mol. The lowest BCUT2D eigenvalue weighted by atomic mass is 9.96. The molecule has 1 aliphatic rings. The molecule has 0 saturated carbocycles. The maximum atomic E-state index is 5.81. The van der Waals surface area contributed by atoms with Crippen LogP contribution < -0.4 is 5.32 Å². The molecule has 1 fully saturated rings. The first-order valence-electron chi connectivity index (χ1n) is 10.6. The lowest BCUT2D eigenvalue weighted by molar-refractivity contribution is 0.307. The first kappa shape index (κ1) is 20.3. The summed E-state index contributed by atoms with van der Waals surface area (Å²) in [5.74, 6) is 0.910. The smallest absolute Gasteiger partial charge is 0.170 e. The van der Waals surface area contributed by atoms with Crippen LogP contribution in [0.25, 0.3) is 5.82 Å². The second-order valence-electron chi connectivity index (χ2n) is 7.93. The number of pyridine rings is 3. The Bertz CT molecular complexity index is 1220. The molecule has 1 N–H and O–H groups in total. The Hall–Kier alpha value is -3.58. The lowest BCUT2D eigenvalue weighted by Gasteiger charge is -2.28. The third-order valence-electron chi connectivity index (χ3n) is 5.92. The van der Waals surface area contributed by atoms with Crippen molar-refractivity contribution in [1.82, 2.24) is 29.7 Å². The van der Waals surface area contributed by atoms with Gasteiger partial charge in [0.25, 0.3) is 0 Å². The number of nitrogens with one attached hydrogen (secondary N) is 1. The quantitative estimate of drug-likeness (QED) is 0.463. The first-order chi connectivity index (χ1) is 15.6. The zero-order valence-electron chi connectivity index (χ0n) is 18.0. The molecule has 5 rings (SSSR count). The highest BCUT2D eigenvalue weighted by molar-refractivity contribution is 7.80. The van der Waals surface area contributed by atoms with E-state index in [2.05, 4.69) is 55.7 Å². The van der Waals surface area contributed by atoms with Gasteiger partial charge in [-0.3, -0.25) is 9.97 Å². The molecule has 2 atom stereocenters. The monoisotopic (exact) mass is 440 g/mol. The first-order valence-corrected chi connectivity index (χ1v) is 11.0. The molecule has 1 saturated heterocycles. The fraction of sp³-hybridized carbons (Fsp3) is 0.200. The molecule has 4 aromatic heterocycles.